The van der Waals surface area contributed by atoms with Crippen LogP contribution in [0.2, 0.25) is 0 Å². The van der Waals surface area contributed by atoms with Crippen LogP contribution >= 0.6 is 0 Å². The Kier molecular flexibility index (Phi) is 5.31. The minimum Gasteiger partial charge on any atom is -0.497 e. The molecular weight excluding hydrogens is 269 g/mol. The summed E-state index contributed by atoms with van der Waals surface area (Å²) in [5, 5.41) is 13.4. The molecule has 0 saturated carbocycles. The standard InChI is InChI=1S/C17H20FNO2/c1-12(14-4-3-5-15(18)10-14)19-11-17(20)13-6-8-16(21-2)9-7-13/h3-10,12,17,19-20H,11H2,1-2H3/t12-,17?/m1/s1. The van der Waals surface area contributed by atoms with Gasteiger partial charge in [-0.2, -0.15) is 0 Å². The van der Waals surface area contributed by atoms with Gasteiger partial charge in [0.1, 0.15) is 11.6 Å². The second-order valence-corrected chi connectivity index (χ2v) is 4.97. The van der Waals surface area contributed by atoms with E-state index >= 15 is 0 Å². The SMILES string of the molecule is COc1ccc(C(O)CN[C@H](C)c2cccc(F)c2)cc1. The number of hydrogen-bond acceptors (Lipinski definition) is 3. The van der Waals surface area contributed by atoms with Crippen molar-refractivity contribution in [2.75, 3.05) is 13.7 Å². The fraction of sp³-hybridized carbons (Fsp3) is 0.294. The third-order valence-electron chi connectivity index (χ3n) is 3.47. The summed E-state index contributed by atoms with van der Waals surface area (Å²) in [5.41, 5.74) is 1.67. The Balaban J connectivity index is 1.92. The molecule has 112 valence electrons. The summed E-state index contributed by atoms with van der Waals surface area (Å²) in [7, 11) is 1.60. The first kappa shape index (κ1) is 15.5. The predicted molar refractivity (Wildman–Crippen MR) is 80.8 cm³/mol. The van der Waals surface area contributed by atoms with Gasteiger partial charge in [0, 0.05) is 12.6 Å². The summed E-state index contributed by atoms with van der Waals surface area (Å²) in [6.07, 6.45) is -0.619. The van der Waals surface area contributed by atoms with Gasteiger partial charge in [-0.1, -0.05) is 24.3 Å². The van der Waals surface area contributed by atoms with E-state index in [1.807, 2.05) is 37.3 Å². The monoisotopic (exact) mass is 289 g/mol. The molecular formula is C17H20FNO2. The summed E-state index contributed by atoms with van der Waals surface area (Å²) in [6.45, 7) is 2.33. The molecule has 0 heterocycles. The van der Waals surface area contributed by atoms with Gasteiger partial charge in [0.2, 0.25) is 0 Å². The molecule has 2 aromatic rings. The first-order valence-electron chi connectivity index (χ1n) is 6.91. The van der Waals surface area contributed by atoms with E-state index in [0.717, 1.165) is 16.9 Å². The lowest BCUT2D eigenvalue weighted by Gasteiger charge is -2.18. The maximum absolute atomic E-state index is 13.2. The zero-order valence-electron chi connectivity index (χ0n) is 12.2. The van der Waals surface area contributed by atoms with Crippen LogP contribution in [0.15, 0.2) is 48.5 Å². The Bertz CT molecular complexity index is 571. The van der Waals surface area contributed by atoms with Gasteiger partial charge in [-0.3, -0.25) is 0 Å². The third-order valence-corrected chi connectivity index (χ3v) is 3.47. The maximum atomic E-state index is 13.2. The average molecular weight is 289 g/mol. The molecule has 2 N–H and O–H groups in total. The largest absolute Gasteiger partial charge is 0.497 e. The number of aliphatic hydroxyl groups excluding tert-OH is 1. The summed E-state index contributed by atoms with van der Waals surface area (Å²) >= 11 is 0. The smallest absolute Gasteiger partial charge is 0.123 e. The van der Waals surface area contributed by atoms with E-state index in [9.17, 15) is 9.50 Å². The topological polar surface area (TPSA) is 41.5 Å². The van der Waals surface area contributed by atoms with Crippen LogP contribution in [0.4, 0.5) is 4.39 Å². The predicted octanol–water partition coefficient (Wildman–Crippen LogP) is 3.22. The molecule has 0 fully saturated rings. The molecule has 0 aliphatic rings. The number of nitrogens with one attached hydrogen (secondary N) is 1. The molecule has 4 heteroatoms. The van der Waals surface area contributed by atoms with Crippen LogP contribution in [0.1, 0.15) is 30.2 Å². The minimum atomic E-state index is -0.619. The molecule has 3 nitrogen and oxygen atoms in total. The lowest BCUT2D eigenvalue weighted by atomic mass is 10.1. The van der Waals surface area contributed by atoms with E-state index < -0.39 is 6.10 Å². The van der Waals surface area contributed by atoms with Crippen LogP contribution in [0.5, 0.6) is 5.75 Å². The Morgan fingerprint density at radius 1 is 1.14 bits per heavy atom. The highest BCUT2D eigenvalue weighted by atomic mass is 19.1. The van der Waals surface area contributed by atoms with Crippen LogP contribution in [-0.4, -0.2) is 18.8 Å². The highest BCUT2D eigenvalue weighted by Gasteiger charge is 2.11. The number of methoxy groups -OCH3 is 1. The van der Waals surface area contributed by atoms with Crippen molar-refractivity contribution in [3.05, 3.63) is 65.5 Å². The second-order valence-electron chi connectivity index (χ2n) is 4.97. The van der Waals surface area contributed by atoms with Gasteiger partial charge >= 0.3 is 0 Å². The molecule has 0 aliphatic carbocycles. The summed E-state index contributed by atoms with van der Waals surface area (Å²) < 4.78 is 18.3. The van der Waals surface area contributed by atoms with Crippen molar-refractivity contribution in [1.29, 1.82) is 0 Å². The van der Waals surface area contributed by atoms with E-state index in [-0.39, 0.29) is 11.9 Å². The maximum Gasteiger partial charge on any atom is 0.123 e. The zero-order chi connectivity index (χ0) is 15.2. The quantitative estimate of drug-likeness (QED) is 0.858. The molecule has 0 aromatic heterocycles. The highest BCUT2D eigenvalue weighted by molar-refractivity contribution is 5.28. The lowest BCUT2D eigenvalue weighted by Crippen LogP contribution is -2.24. The van der Waals surface area contributed by atoms with Crippen LogP contribution in [0.3, 0.4) is 0 Å². The second kappa shape index (κ2) is 7.20. The van der Waals surface area contributed by atoms with Gasteiger partial charge in [0.15, 0.2) is 0 Å². The molecule has 0 aliphatic heterocycles. The van der Waals surface area contributed by atoms with Crippen molar-refractivity contribution in [3.8, 4) is 5.75 Å². The molecule has 1 unspecified atom stereocenters. The Morgan fingerprint density at radius 2 is 1.86 bits per heavy atom. The van der Waals surface area contributed by atoms with Gasteiger partial charge in [-0.05, 0) is 42.3 Å². The van der Waals surface area contributed by atoms with E-state index in [1.165, 1.54) is 12.1 Å². The number of hydrogen-bond donors (Lipinski definition) is 2. The number of rotatable bonds is 6. The Morgan fingerprint density at radius 3 is 2.48 bits per heavy atom. The van der Waals surface area contributed by atoms with Crippen LogP contribution < -0.4 is 10.1 Å². The fourth-order valence-electron chi connectivity index (χ4n) is 2.13. The Hall–Kier alpha value is -1.91. The fourth-order valence-corrected chi connectivity index (χ4v) is 2.13. The average Bonchev–Trinajstić information content (AvgIpc) is 2.52. The van der Waals surface area contributed by atoms with Crippen molar-refractivity contribution in [2.45, 2.75) is 19.1 Å². The molecule has 0 spiro atoms. The summed E-state index contributed by atoms with van der Waals surface area (Å²) in [5.74, 6) is 0.504. The highest BCUT2D eigenvalue weighted by Crippen LogP contribution is 2.19. The van der Waals surface area contributed by atoms with Gasteiger partial charge < -0.3 is 15.2 Å². The number of benzene rings is 2. The van der Waals surface area contributed by atoms with E-state index in [4.69, 9.17) is 4.74 Å². The van der Waals surface area contributed by atoms with Crippen molar-refractivity contribution in [1.82, 2.24) is 5.32 Å². The zero-order valence-corrected chi connectivity index (χ0v) is 12.2. The molecule has 0 bridgehead atoms. The number of aliphatic hydroxyl groups is 1. The first-order chi connectivity index (χ1) is 10.1. The van der Waals surface area contributed by atoms with Gasteiger partial charge in [-0.15, -0.1) is 0 Å². The van der Waals surface area contributed by atoms with Crippen molar-refractivity contribution >= 4 is 0 Å². The van der Waals surface area contributed by atoms with Crippen LogP contribution in [0.25, 0.3) is 0 Å². The normalized spacial score (nSPS) is 13.7. The summed E-state index contributed by atoms with van der Waals surface area (Å²) in [6, 6.07) is 13.7. The molecule has 0 radical (unpaired) electrons. The molecule has 2 atom stereocenters. The van der Waals surface area contributed by atoms with Crippen molar-refractivity contribution in [3.63, 3.8) is 0 Å². The van der Waals surface area contributed by atoms with Gasteiger partial charge in [0.25, 0.3) is 0 Å². The Labute approximate surface area is 124 Å². The molecule has 21 heavy (non-hydrogen) atoms. The van der Waals surface area contributed by atoms with Gasteiger partial charge in [-0.25, -0.2) is 4.39 Å². The number of ether oxygens (including phenoxy) is 1. The lowest BCUT2D eigenvalue weighted by molar-refractivity contribution is 0.170. The van der Waals surface area contributed by atoms with E-state index in [2.05, 4.69) is 5.32 Å². The molecule has 0 saturated heterocycles. The third kappa shape index (κ3) is 4.28. The molecule has 0 amide bonds. The first-order valence-corrected chi connectivity index (χ1v) is 6.91. The molecule has 2 aromatic carbocycles. The molecule has 2 rings (SSSR count). The van der Waals surface area contributed by atoms with Crippen LogP contribution in [-0.2, 0) is 0 Å². The number of halogens is 1. The van der Waals surface area contributed by atoms with E-state index in [1.54, 1.807) is 13.2 Å². The van der Waals surface area contributed by atoms with Crippen molar-refractivity contribution < 1.29 is 14.2 Å². The minimum absolute atomic E-state index is 0.0337. The van der Waals surface area contributed by atoms with Crippen LogP contribution in [0, 0.1) is 5.82 Å². The summed E-state index contributed by atoms with van der Waals surface area (Å²) in [4.78, 5) is 0. The van der Waals surface area contributed by atoms with Gasteiger partial charge in [0.05, 0.1) is 13.2 Å². The van der Waals surface area contributed by atoms with Crippen molar-refractivity contribution in [2.24, 2.45) is 0 Å². The van der Waals surface area contributed by atoms with E-state index in [0.29, 0.717) is 6.54 Å².